The second-order valence-electron chi connectivity index (χ2n) is 9.07. The third kappa shape index (κ3) is 10.3. The first-order valence-corrected chi connectivity index (χ1v) is 12.3. The van der Waals surface area contributed by atoms with Crippen LogP contribution >= 0.6 is 0 Å². The number of amides is 3. The van der Waals surface area contributed by atoms with E-state index in [0.29, 0.717) is 25.8 Å². The maximum atomic E-state index is 13.3. The van der Waals surface area contributed by atoms with Crippen LogP contribution in [-0.2, 0) is 25.6 Å². The summed E-state index contributed by atoms with van der Waals surface area (Å²) in [6, 6.07) is 4.52. The highest BCUT2D eigenvalue weighted by atomic mass is 16.4. The van der Waals surface area contributed by atoms with Crippen LogP contribution < -0.4 is 27.4 Å². The van der Waals surface area contributed by atoms with E-state index in [1.807, 2.05) is 13.0 Å². The van der Waals surface area contributed by atoms with E-state index in [1.54, 1.807) is 31.2 Å². The summed E-state index contributed by atoms with van der Waals surface area (Å²) >= 11 is 0. The highest BCUT2D eigenvalue weighted by Gasteiger charge is 2.33. The molecular weight excluding hydrogens is 466 g/mol. The lowest BCUT2D eigenvalue weighted by atomic mass is 9.96. The number of aliphatic hydroxyl groups excluding tert-OH is 1. The first kappa shape index (κ1) is 31.0. The number of carboxylic acid groups (broad SMARTS) is 1. The number of benzene rings is 1. The SMILES string of the molecule is CCC(C)C(NC(=O)C(Cc1ccccc1)NC(=O)C(N)C(C)O)C(=O)NC(CCCCN)C(=O)O. The minimum absolute atomic E-state index is 0.122. The fourth-order valence-corrected chi connectivity index (χ4v) is 3.51. The molecule has 11 nitrogen and oxygen atoms in total. The number of nitrogens with one attached hydrogen (secondary N) is 3. The molecule has 0 saturated carbocycles. The van der Waals surface area contributed by atoms with Crippen LogP contribution in [0.1, 0.15) is 52.0 Å². The molecule has 0 spiro atoms. The smallest absolute Gasteiger partial charge is 0.326 e. The first-order valence-electron chi connectivity index (χ1n) is 12.3. The van der Waals surface area contributed by atoms with Crippen molar-refractivity contribution in [2.45, 2.75) is 83.1 Å². The number of aliphatic carboxylic acids is 1. The van der Waals surface area contributed by atoms with Gasteiger partial charge in [0.05, 0.1) is 6.10 Å². The van der Waals surface area contributed by atoms with Crippen LogP contribution in [0.15, 0.2) is 30.3 Å². The Morgan fingerprint density at radius 1 is 0.917 bits per heavy atom. The molecule has 9 N–H and O–H groups in total. The molecule has 0 aliphatic rings. The number of carbonyl (C=O) groups excluding carboxylic acids is 3. The number of nitrogens with two attached hydrogens (primary N) is 2. The minimum Gasteiger partial charge on any atom is -0.480 e. The lowest BCUT2D eigenvalue weighted by molar-refractivity contribution is -0.143. The average molecular weight is 508 g/mol. The summed E-state index contributed by atoms with van der Waals surface area (Å²) in [6.07, 6.45) is 0.895. The van der Waals surface area contributed by atoms with Crippen LogP contribution in [0.4, 0.5) is 0 Å². The second kappa shape index (κ2) is 15.9. The average Bonchev–Trinajstić information content (AvgIpc) is 2.85. The van der Waals surface area contributed by atoms with Gasteiger partial charge in [0.15, 0.2) is 0 Å². The summed E-state index contributed by atoms with van der Waals surface area (Å²) in [7, 11) is 0. The number of hydrogen-bond donors (Lipinski definition) is 7. The van der Waals surface area contributed by atoms with E-state index in [-0.39, 0.29) is 18.8 Å². The van der Waals surface area contributed by atoms with Crippen molar-refractivity contribution in [2.24, 2.45) is 17.4 Å². The summed E-state index contributed by atoms with van der Waals surface area (Å²) in [5, 5.41) is 27.0. The van der Waals surface area contributed by atoms with E-state index in [9.17, 15) is 29.4 Å². The Labute approximate surface area is 212 Å². The van der Waals surface area contributed by atoms with Crippen LogP contribution in [0, 0.1) is 5.92 Å². The molecule has 3 amide bonds. The van der Waals surface area contributed by atoms with Crippen LogP contribution in [0.2, 0.25) is 0 Å². The van der Waals surface area contributed by atoms with E-state index in [4.69, 9.17) is 11.5 Å². The van der Waals surface area contributed by atoms with Gasteiger partial charge in [0.1, 0.15) is 24.2 Å². The molecule has 1 aromatic carbocycles. The standard InChI is InChI=1S/C25H41N5O6/c1-4-15(2)21(24(34)28-18(25(35)36)12-8-9-13-26)30-22(32)19(14-17-10-6-5-7-11-17)29-23(33)20(27)16(3)31/h5-7,10-11,15-16,18-21,31H,4,8-9,12-14,26-27H2,1-3H3,(H,28,34)(H,29,33)(H,30,32)(H,35,36). The number of hydrogen-bond acceptors (Lipinski definition) is 7. The summed E-state index contributed by atoms with van der Waals surface area (Å²) in [4.78, 5) is 50.5. The number of carbonyl (C=O) groups is 4. The molecule has 0 heterocycles. The van der Waals surface area contributed by atoms with Gasteiger partial charge in [-0.15, -0.1) is 0 Å². The number of unbranched alkanes of at least 4 members (excludes halogenated alkanes) is 1. The number of aliphatic hydroxyl groups is 1. The fraction of sp³-hybridized carbons (Fsp3) is 0.600. The molecule has 11 heteroatoms. The van der Waals surface area contributed by atoms with Crippen molar-refractivity contribution in [1.82, 2.24) is 16.0 Å². The summed E-state index contributed by atoms with van der Waals surface area (Å²) in [5.41, 5.74) is 12.0. The molecule has 0 aromatic heterocycles. The molecule has 0 bridgehead atoms. The Kier molecular flexibility index (Phi) is 13.7. The van der Waals surface area contributed by atoms with Crippen molar-refractivity contribution in [2.75, 3.05) is 6.54 Å². The predicted molar refractivity (Wildman–Crippen MR) is 136 cm³/mol. The van der Waals surface area contributed by atoms with Crippen molar-refractivity contribution < 1.29 is 29.4 Å². The van der Waals surface area contributed by atoms with Crippen molar-refractivity contribution in [1.29, 1.82) is 0 Å². The molecule has 0 aliphatic heterocycles. The minimum atomic E-state index is -1.24. The van der Waals surface area contributed by atoms with E-state index >= 15 is 0 Å². The largest absolute Gasteiger partial charge is 0.480 e. The molecule has 0 fully saturated rings. The van der Waals surface area contributed by atoms with Crippen LogP contribution in [-0.4, -0.2) is 70.7 Å². The second-order valence-corrected chi connectivity index (χ2v) is 9.07. The lowest BCUT2D eigenvalue weighted by Crippen LogP contribution is -2.59. The van der Waals surface area contributed by atoms with E-state index in [2.05, 4.69) is 16.0 Å². The lowest BCUT2D eigenvalue weighted by Gasteiger charge is -2.28. The fourth-order valence-electron chi connectivity index (χ4n) is 3.51. The van der Waals surface area contributed by atoms with Gasteiger partial charge in [0, 0.05) is 6.42 Å². The molecule has 1 aromatic rings. The maximum absolute atomic E-state index is 13.3. The predicted octanol–water partition coefficient (Wildman–Crippen LogP) is -0.349. The summed E-state index contributed by atoms with van der Waals surface area (Å²) < 4.78 is 0. The quantitative estimate of drug-likeness (QED) is 0.147. The monoisotopic (exact) mass is 507 g/mol. The van der Waals surface area contributed by atoms with E-state index in [0.717, 1.165) is 5.56 Å². The van der Waals surface area contributed by atoms with Crippen LogP contribution in [0.3, 0.4) is 0 Å². The van der Waals surface area contributed by atoms with Crippen LogP contribution in [0.25, 0.3) is 0 Å². The Morgan fingerprint density at radius 3 is 2.06 bits per heavy atom. The van der Waals surface area contributed by atoms with Gasteiger partial charge in [-0.2, -0.15) is 0 Å². The molecule has 6 unspecified atom stereocenters. The number of rotatable bonds is 16. The van der Waals surface area contributed by atoms with Gasteiger partial charge in [-0.1, -0.05) is 50.6 Å². The maximum Gasteiger partial charge on any atom is 0.326 e. The third-order valence-corrected chi connectivity index (χ3v) is 6.09. The molecule has 0 saturated heterocycles. The van der Waals surface area contributed by atoms with Crippen LogP contribution in [0.5, 0.6) is 0 Å². The van der Waals surface area contributed by atoms with Crippen molar-refractivity contribution in [3.05, 3.63) is 35.9 Å². The first-order chi connectivity index (χ1) is 17.0. The Morgan fingerprint density at radius 2 is 1.53 bits per heavy atom. The van der Waals surface area contributed by atoms with Gasteiger partial charge in [-0.25, -0.2) is 4.79 Å². The molecule has 202 valence electrons. The zero-order valence-corrected chi connectivity index (χ0v) is 21.3. The van der Waals surface area contributed by atoms with Gasteiger partial charge in [-0.3, -0.25) is 14.4 Å². The normalized spacial score (nSPS) is 16.1. The number of carboxylic acids is 1. The van der Waals surface area contributed by atoms with Crippen molar-refractivity contribution in [3.8, 4) is 0 Å². The van der Waals surface area contributed by atoms with Crippen molar-refractivity contribution in [3.63, 3.8) is 0 Å². The van der Waals surface area contributed by atoms with Crippen molar-refractivity contribution >= 4 is 23.7 Å². The Bertz CT molecular complexity index is 851. The Balaban J connectivity index is 3.09. The molecule has 1 rings (SSSR count). The van der Waals surface area contributed by atoms with Gasteiger partial charge in [-0.05, 0) is 44.2 Å². The van der Waals surface area contributed by atoms with Gasteiger partial charge in [0.25, 0.3) is 0 Å². The molecule has 0 aliphatic carbocycles. The van der Waals surface area contributed by atoms with Gasteiger partial charge >= 0.3 is 5.97 Å². The molecule has 6 atom stereocenters. The highest BCUT2D eigenvalue weighted by molar-refractivity contribution is 5.94. The highest BCUT2D eigenvalue weighted by Crippen LogP contribution is 2.12. The van der Waals surface area contributed by atoms with Gasteiger partial charge in [0.2, 0.25) is 17.7 Å². The zero-order valence-electron chi connectivity index (χ0n) is 21.3. The molecular formula is C25H41N5O6. The Hall–Kier alpha value is -3.02. The van der Waals surface area contributed by atoms with E-state index < -0.39 is 54.0 Å². The summed E-state index contributed by atoms with van der Waals surface area (Å²) in [6.45, 7) is 5.39. The zero-order chi connectivity index (χ0) is 27.3. The summed E-state index contributed by atoms with van der Waals surface area (Å²) in [5.74, 6) is -3.45. The third-order valence-electron chi connectivity index (χ3n) is 6.09. The topological polar surface area (TPSA) is 197 Å². The molecule has 36 heavy (non-hydrogen) atoms. The van der Waals surface area contributed by atoms with E-state index in [1.165, 1.54) is 6.92 Å². The molecule has 0 radical (unpaired) electrons. The van der Waals surface area contributed by atoms with Gasteiger partial charge < -0.3 is 37.6 Å².